The smallest absolute Gasteiger partial charge is 0.230 e. The van der Waals surface area contributed by atoms with Gasteiger partial charge in [0.2, 0.25) is 5.91 Å². The number of methoxy groups -OCH3 is 1. The molecule has 0 saturated heterocycles. The van der Waals surface area contributed by atoms with Crippen molar-refractivity contribution in [2.24, 2.45) is 7.05 Å². The van der Waals surface area contributed by atoms with E-state index in [1.807, 2.05) is 31.3 Å². The number of benzene rings is 1. The van der Waals surface area contributed by atoms with Crippen LogP contribution >= 0.6 is 11.8 Å². The van der Waals surface area contributed by atoms with Gasteiger partial charge in [-0.1, -0.05) is 23.9 Å². The fraction of sp³-hybridized carbons (Fsp3) is 0.357. The Hall–Kier alpha value is -2.22. The average molecular weight is 322 g/mol. The SMILES string of the molecule is COc1ccccc1OCCNC(=O)CSc1nncn1C. The van der Waals surface area contributed by atoms with Crippen molar-refractivity contribution in [2.75, 3.05) is 26.0 Å². The summed E-state index contributed by atoms with van der Waals surface area (Å²) in [7, 11) is 3.43. The first-order chi connectivity index (χ1) is 10.7. The van der Waals surface area contributed by atoms with Gasteiger partial charge in [-0.3, -0.25) is 4.79 Å². The first-order valence-electron chi connectivity index (χ1n) is 6.70. The van der Waals surface area contributed by atoms with E-state index in [2.05, 4.69) is 15.5 Å². The van der Waals surface area contributed by atoms with Crippen LogP contribution < -0.4 is 14.8 Å². The zero-order chi connectivity index (χ0) is 15.8. The molecule has 2 rings (SSSR count). The molecule has 0 atom stereocenters. The number of hydrogen-bond donors (Lipinski definition) is 1. The largest absolute Gasteiger partial charge is 0.493 e. The number of thioether (sulfide) groups is 1. The first kappa shape index (κ1) is 16.2. The summed E-state index contributed by atoms with van der Waals surface area (Å²) in [6.45, 7) is 0.803. The molecule has 0 radical (unpaired) electrons. The van der Waals surface area contributed by atoms with Crippen molar-refractivity contribution in [2.45, 2.75) is 5.16 Å². The lowest BCUT2D eigenvalue weighted by atomic mass is 10.3. The Morgan fingerprint density at radius 2 is 2.14 bits per heavy atom. The maximum Gasteiger partial charge on any atom is 0.230 e. The second-order valence-corrected chi connectivity index (χ2v) is 5.30. The van der Waals surface area contributed by atoms with E-state index in [9.17, 15) is 4.79 Å². The van der Waals surface area contributed by atoms with Crippen LogP contribution in [-0.4, -0.2) is 46.7 Å². The van der Waals surface area contributed by atoms with Crippen molar-refractivity contribution in [3.8, 4) is 11.5 Å². The van der Waals surface area contributed by atoms with Crippen molar-refractivity contribution in [3.63, 3.8) is 0 Å². The molecule has 0 aliphatic rings. The molecule has 0 spiro atoms. The van der Waals surface area contributed by atoms with Crippen LogP contribution in [0.3, 0.4) is 0 Å². The summed E-state index contributed by atoms with van der Waals surface area (Å²) in [4.78, 5) is 11.7. The van der Waals surface area contributed by atoms with E-state index >= 15 is 0 Å². The highest BCUT2D eigenvalue weighted by Crippen LogP contribution is 2.25. The summed E-state index contributed by atoms with van der Waals surface area (Å²) in [5.74, 6) is 1.55. The maximum atomic E-state index is 11.7. The normalized spacial score (nSPS) is 10.3. The van der Waals surface area contributed by atoms with Crippen LogP contribution in [0.1, 0.15) is 0 Å². The molecule has 1 aromatic carbocycles. The number of amides is 1. The Balaban J connectivity index is 1.66. The summed E-state index contributed by atoms with van der Waals surface area (Å²) in [5.41, 5.74) is 0. The molecular weight excluding hydrogens is 304 g/mol. The molecule has 22 heavy (non-hydrogen) atoms. The minimum absolute atomic E-state index is 0.0726. The molecule has 1 amide bonds. The Kier molecular flexibility index (Phi) is 6.08. The number of carbonyl (C=O) groups is 1. The zero-order valence-corrected chi connectivity index (χ0v) is 13.3. The Labute approximate surface area is 133 Å². The van der Waals surface area contributed by atoms with Crippen LogP contribution in [0, 0.1) is 0 Å². The van der Waals surface area contributed by atoms with Crippen molar-refractivity contribution in [3.05, 3.63) is 30.6 Å². The number of nitrogens with one attached hydrogen (secondary N) is 1. The van der Waals surface area contributed by atoms with E-state index in [1.54, 1.807) is 18.0 Å². The molecule has 1 N–H and O–H groups in total. The van der Waals surface area contributed by atoms with Crippen LogP contribution in [0.2, 0.25) is 0 Å². The molecule has 7 nitrogen and oxygen atoms in total. The molecule has 0 fully saturated rings. The minimum Gasteiger partial charge on any atom is -0.493 e. The van der Waals surface area contributed by atoms with E-state index in [4.69, 9.17) is 9.47 Å². The van der Waals surface area contributed by atoms with Gasteiger partial charge in [0, 0.05) is 7.05 Å². The number of ether oxygens (including phenoxy) is 2. The summed E-state index contributed by atoms with van der Waals surface area (Å²) in [6.07, 6.45) is 1.60. The predicted octanol–water partition coefficient (Wildman–Crippen LogP) is 1.11. The molecule has 0 bridgehead atoms. The van der Waals surface area contributed by atoms with E-state index in [1.165, 1.54) is 11.8 Å². The lowest BCUT2D eigenvalue weighted by Crippen LogP contribution is -2.29. The van der Waals surface area contributed by atoms with Gasteiger partial charge in [-0.25, -0.2) is 0 Å². The Bertz CT molecular complexity index is 618. The maximum absolute atomic E-state index is 11.7. The third-order valence-electron chi connectivity index (χ3n) is 2.75. The molecule has 1 aromatic heterocycles. The fourth-order valence-corrected chi connectivity index (χ4v) is 2.39. The standard InChI is InChI=1S/C14H18N4O3S/c1-18-10-16-17-14(18)22-9-13(19)15-7-8-21-12-6-4-3-5-11(12)20-2/h3-6,10H,7-9H2,1-2H3,(H,15,19). The Morgan fingerprint density at radius 3 is 2.82 bits per heavy atom. The van der Waals surface area contributed by atoms with Crippen LogP contribution in [0.15, 0.2) is 35.7 Å². The van der Waals surface area contributed by atoms with Crippen molar-refractivity contribution >= 4 is 17.7 Å². The van der Waals surface area contributed by atoms with Crippen LogP contribution in [0.4, 0.5) is 0 Å². The van der Waals surface area contributed by atoms with Gasteiger partial charge < -0.3 is 19.4 Å². The van der Waals surface area contributed by atoms with Crippen LogP contribution in [-0.2, 0) is 11.8 Å². The lowest BCUT2D eigenvalue weighted by Gasteiger charge is -2.10. The highest BCUT2D eigenvalue weighted by atomic mass is 32.2. The summed E-state index contributed by atoms with van der Waals surface area (Å²) in [5, 5.41) is 11.2. The molecule has 1 heterocycles. The van der Waals surface area contributed by atoms with Crippen molar-refractivity contribution in [1.82, 2.24) is 20.1 Å². The highest BCUT2D eigenvalue weighted by molar-refractivity contribution is 7.99. The molecule has 0 saturated carbocycles. The number of aryl methyl sites for hydroxylation is 1. The van der Waals surface area contributed by atoms with Gasteiger partial charge in [0.05, 0.1) is 19.4 Å². The second kappa shape index (κ2) is 8.28. The second-order valence-electron chi connectivity index (χ2n) is 4.36. The molecule has 0 aliphatic carbocycles. The van der Waals surface area contributed by atoms with E-state index in [0.29, 0.717) is 35.6 Å². The number of hydrogen-bond acceptors (Lipinski definition) is 6. The van der Waals surface area contributed by atoms with E-state index < -0.39 is 0 Å². The molecule has 0 unspecified atom stereocenters. The van der Waals surface area contributed by atoms with E-state index in [-0.39, 0.29) is 5.91 Å². The quantitative estimate of drug-likeness (QED) is 0.579. The third-order valence-corrected chi connectivity index (χ3v) is 3.79. The number of rotatable bonds is 8. The van der Waals surface area contributed by atoms with Gasteiger partial charge in [0.25, 0.3) is 0 Å². The number of aromatic nitrogens is 3. The number of nitrogens with zero attached hydrogens (tertiary/aromatic N) is 3. The van der Waals surface area contributed by atoms with Gasteiger partial charge >= 0.3 is 0 Å². The van der Waals surface area contributed by atoms with Crippen molar-refractivity contribution < 1.29 is 14.3 Å². The molecule has 8 heteroatoms. The number of para-hydroxylation sites is 2. The highest BCUT2D eigenvalue weighted by Gasteiger charge is 2.07. The monoisotopic (exact) mass is 322 g/mol. The lowest BCUT2D eigenvalue weighted by molar-refractivity contribution is -0.118. The summed E-state index contributed by atoms with van der Waals surface area (Å²) >= 11 is 1.34. The minimum atomic E-state index is -0.0726. The summed E-state index contributed by atoms with van der Waals surface area (Å²) < 4.78 is 12.5. The van der Waals surface area contributed by atoms with Gasteiger partial charge in [0.15, 0.2) is 16.7 Å². The van der Waals surface area contributed by atoms with Crippen LogP contribution in [0.25, 0.3) is 0 Å². The van der Waals surface area contributed by atoms with Crippen LogP contribution in [0.5, 0.6) is 11.5 Å². The van der Waals surface area contributed by atoms with Gasteiger partial charge in [-0.2, -0.15) is 0 Å². The molecule has 118 valence electrons. The Morgan fingerprint density at radius 1 is 1.36 bits per heavy atom. The number of carbonyl (C=O) groups excluding carboxylic acids is 1. The molecule has 2 aromatic rings. The zero-order valence-electron chi connectivity index (χ0n) is 12.5. The van der Waals surface area contributed by atoms with Gasteiger partial charge in [-0.05, 0) is 12.1 Å². The topological polar surface area (TPSA) is 78.3 Å². The third kappa shape index (κ3) is 4.66. The molecule has 0 aliphatic heterocycles. The average Bonchev–Trinajstić information content (AvgIpc) is 2.95. The van der Waals surface area contributed by atoms with E-state index in [0.717, 1.165) is 0 Å². The first-order valence-corrected chi connectivity index (χ1v) is 7.68. The van der Waals surface area contributed by atoms with Crippen molar-refractivity contribution in [1.29, 1.82) is 0 Å². The van der Waals surface area contributed by atoms with Gasteiger partial charge in [-0.15, -0.1) is 10.2 Å². The fourth-order valence-electron chi connectivity index (χ4n) is 1.67. The molecular formula is C14H18N4O3S. The summed E-state index contributed by atoms with van der Waals surface area (Å²) in [6, 6.07) is 7.39. The predicted molar refractivity (Wildman–Crippen MR) is 83.2 cm³/mol. The van der Waals surface area contributed by atoms with Gasteiger partial charge in [0.1, 0.15) is 12.9 Å².